The van der Waals surface area contributed by atoms with Crippen molar-refractivity contribution in [3.8, 4) is 5.69 Å². The van der Waals surface area contributed by atoms with Crippen molar-refractivity contribution in [2.75, 3.05) is 13.2 Å². The fraction of sp³-hybridized carbons (Fsp3) is 0.500. The summed E-state index contributed by atoms with van der Waals surface area (Å²) < 4.78 is 1.74. The third-order valence-corrected chi connectivity index (χ3v) is 4.60. The Bertz CT molecular complexity index is 738. The van der Waals surface area contributed by atoms with Crippen molar-refractivity contribution in [2.45, 2.75) is 45.6 Å². The van der Waals surface area contributed by atoms with E-state index in [1.54, 1.807) is 9.58 Å². The molecule has 1 aromatic carbocycles. The van der Waals surface area contributed by atoms with Crippen LogP contribution in [0.3, 0.4) is 0 Å². The van der Waals surface area contributed by atoms with E-state index in [1.807, 2.05) is 25.1 Å². The Kier molecular flexibility index (Phi) is 4.66. The summed E-state index contributed by atoms with van der Waals surface area (Å²) in [5, 5.41) is 13.9. The highest BCUT2D eigenvalue weighted by molar-refractivity contribution is 5.91. The molecular formula is C18H24N4O2. The first-order valence-electron chi connectivity index (χ1n) is 8.47. The number of carbonyl (C=O) groups excluding carboxylic acids is 1. The van der Waals surface area contributed by atoms with Gasteiger partial charge >= 0.3 is 0 Å². The van der Waals surface area contributed by atoms with Crippen LogP contribution in [0.25, 0.3) is 5.69 Å². The van der Waals surface area contributed by atoms with Crippen LogP contribution in [0, 0.1) is 6.92 Å². The van der Waals surface area contributed by atoms with E-state index >= 15 is 0 Å². The second-order valence-corrected chi connectivity index (χ2v) is 6.59. The lowest BCUT2D eigenvalue weighted by Gasteiger charge is -2.21. The van der Waals surface area contributed by atoms with Gasteiger partial charge in [0.1, 0.15) is 5.82 Å². The Balaban J connectivity index is 1.95. The molecule has 0 unspecified atom stereocenters. The first-order chi connectivity index (χ1) is 11.5. The molecular weight excluding hydrogens is 304 g/mol. The van der Waals surface area contributed by atoms with Crippen LogP contribution in [0.2, 0.25) is 0 Å². The molecule has 2 aromatic rings. The van der Waals surface area contributed by atoms with Crippen molar-refractivity contribution in [1.29, 1.82) is 0 Å². The Morgan fingerprint density at radius 3 is 2.83 bits per heavy atom. The number of benzene rings is 1. The van der Waals surface area contributed by atoms with Crippen molar-refractivity contribution in [1.82, 2.24) is 19.7 Å². The maximum Gasteiger partial charge on any atom is 0.293 e. The maximum absolute atomic E-state index is 12.7. The van der Waals surface area contributed by atoms with Gasteiger partial charge in [-0.05, 0) is 37.3 Å². The minimum Gasteiger partial charge on any atom is -0.394 e. The largest absolute Gasteiger partial charge is 0.394 e. The van der Waals surface area contributed by atoms with Crippen LogP contribution < -0.4 is 0 Å². The number of para-hydroxylation sites is 1. The normalized spacial score (nSPS) is 17.7. The minimum atomic E-state index is -0.199. The number of hydrogen-bond donors (Lipinski definition) is 1. The number of amides is 1. The van der Waals surface area contributed by atoms with E-state index < -0.39 is 0 Å². The van der Waals surface area contributed by atoms with E-state index in [4.69, 9.17) is 0 Å². The molecule has 1 aliphatic heterocycles. The summed E-state index contributed by atoms with van der Waals surface area (Å²) in [6.45, 7) is 6.76. The van der Waals surface area contributed by atoms with Gasteiger partial charge in [-0.15, -0.1) is 5.10 Å². The molecule has 0 saturated carbocycles. The predicted octanol–water partition coefficient (Wildman–Crippen LogP) is 2.30. The molecule has 1 fully saturated rings. The van der Waals surface area contributed by atoms with E-state index in [-0.39, 0.29) is 24.4 Å². The number of aliphatic hydroxyl groups is 1. The minimum absolute atomic E-state index is 0.0123. The van der Waals surface area contributed by atoms with Crippen LogP contribution in [0.1, 0.15) is 54.6 Å². The summed E-state index contributed by atoms with van der Waals surface area (Å²) >= 11 is 0. The molecule has 128 valence electrons. The van der Waals surface area contributed by atoms with E-state index in [2.05, 4.69) is 30.0 Å². The second kappa shape index (κ2) is 6.73. The van der Waals surface area contributed by atoms with Crippen LogP contribution in [-0.4, -0.2) is 49.9 Å². The van der Waals surface area contributed by atoms with Crippen LogP contribution in [0.15, 0.2) is 24.3 Å². The Hall–Kier alpha value is -2.21. The van der Waals surface area contributed by atoms with Gasteiger partial charge in [0.05, 0.1) is 18.3 Å². The fourth-order valence-corrected chi connectivity index (χ4v) is 3.30. The highest BCUT2D eigenvalue weighted by atomic mass is 16.3. The number of aryl methyl sites for hydroxylation is 1. The van der Waals surface area contributed by atoms with Crippen molar-refractivity contribution < 1.29 is 9.90 Å². The number of hydrogen-bond acceptors (Lipinski definition) is 4. The molecule has 0 radical (unpaired) electrons. The first-order valence-corrected chi connectivity index (χ1v) is 8.47. The number of rotatable bonds is 4. The maximum atomic E-state index is 12.7. The molecule has 1 aliphatic rings. The molecule has 3 rings (SSSR count). The Morgan fingerprint density at radius 1 is 1.38 bits per heavy atom. The van der Waals surface area contributed by atoms with Crippen LogP contribution >= 0.6 is 0 Å². The summed E-state index contributed by atoms with van der Waals surface area (Å²) in [6.07, 6.45) is 1.74. The quantitative estimate of drug-likeness (QED) is 0.935. The molecule has 1 N–H and O–H groups in total. The van der Waals surface area contributed by atoms with Crippen molar-refractivity contribution in [3.05, 3.63) is 41.5 Å². The topological polar surface area (TPSA) is 71.2 Å². The third-order valence-electron chi connectivity index (χ3n) is 4.60. The summed E-state index contributed by atoms with van der Waals surface area (Å²) in [6, 6.07) is 7.93. The number of carbonyl (C=O) groups is 1. The zero-order valence-corrected chi connectivity index (χ0v) is 14.4. The molecule has 0 aliphatic carbocycles. The van der Waals surface area contributed by atoms with Gasteiger partial charge in [0.2, 0.25) is 5.82 Å². The molecule has 1 atom stereocenters. The predicted molar refractivity (Wildman–Crippen MR) is 91.3 cm³/mol. The highest BCUT2D eigenvalue weighted by Gasteiger charge is 2.31. The van der Waals surface area contributed by atoms with E-state index in [0.717, 1.165) is 18.5 Å². The number of aliphatic hydroxyl groups excluding tert-OH is 1. The SMILES string of the molecule is Cc1nc(C(=O)N2CCC[C@@H]2CO)nn1-c1ccccc1C(C)C. The molecule has 6 nitrogen and oxygen atoms in total. The van der Waals surface area contributed by atoms with Crippen molar-refractivity contribution in [2.24, 2.45) is 0 Å². The van der Waals surface area contributed by atoms with Gasteiger partial charge in [-0.1, -0.05) is 32.0 Å². The molecule has 24 heavy (non-hydrogen) atoms. The number of aromatic nitrogens is 3. The smallest absolute Gasteiger partial charge is 0.293 e. The molecule has 1 aromatic heterocycles. The zero-order valence-electron chi connectivity index (χ0n) is 14.4. The zero-order chi connectivity index (χ0) is 17.3. The van der Waals surface area contributed by atoms with Crippen molar-refractivity contribution in [3.63, 3.8) is 0 Å². The molecule has 2 heterocycles. The monoisotopic (exact) mass is 328 g/mol. The van der Waals surface area contributed by atoms with Gasteiger partial charge in [0.25, 0.3) is 5.91 Å². The van der Waals surface area contributed by atoms with Crippen LogP contribution in [-0.2, 0) is 0 Å². The lowest BCUT2D eigenvalue weighted by Crippen LogP contribution is -2.38. The molecule has 0 spiro atoms. The van der Waals surface area contributed by atoms with Crippen molar-refractivity contribution >= 4 is 5.91 Å². The van der Waals surface area contributed by atoms with Gasteiger partial charge < -0.3 is 10.0 Å². The van der Waals surface area contributed by atoms with Gasteiger partial charge in [0.15, 0.2) is 0 Å². The average molecular weight is 328 g/mol. The van der Waals surface area contributed by atoms with E-state index in [1.165, 1.54) is 5.56 Å². The molecule has 0 bridgehead atoms. The Labute approximate surface area is 142 Å². The number of likely N-dealkylation sites (tertiary alicyclic amines) is 1. The van der Waals surface area contributed by atoms with E-state index in [9.17, 15) is 9.90 Å². The fourth-order valence-electron chi connectivity index (χ4n) is 3.30. The summed E-state index contributed by atoms with van der Waals surface area (Å²) in [5.74, 6) is 1.04. The molecule has 1 saturated heterocycles. The summed E-state index contributed by atoms with van der Waals surface area (Å²) in [4.78, 5) is 18.8. The van der Waals surface area contributed by atoms with Gasteiger partial charge in [-0.2, -0.15) is 0 Å². The molecule has 1 amide bonds. The first kappa shape index (κ1) is 16.6. The highest BCUT2D eigenvalue weighted by Crippen LogP contribution is 2.24. The van der Waals surface area contributed by atoms with Gasteiger partial charge in [-0.25, -0.2) is 9.67 Å². The van der Waals surface area contributed by atoms with Crippen LogP contribution in [0.5, 0.6) is 0 Å². The summed E-state index contributed by atoms with van der Waals surface area (Å²) in [5.41, 5.74) is 2.12. The lowest BCUT2D eigenvalue weighted by atomic mass is 10.0. The standard InChI is InChI=1S/C18H24N4O2/c1-12(2)15-8-4-5-9-16(15)22-13(3)19-17(20-22)18(24)21-10-6-7-14(21)11-23/h4-5,8-9,12,14,23H,6-7,10-11H2,1-3H3/t14-/m1/s1. The average Bonchev–Trinajstić information content (AvgIpc) is 3.20. The third kappa shape index (κ3) is 2.94. The second-order valence-electron chi connectivity index (χ2n) is 6.59. The molecule has 6 heteroatoms. The Morgan fingerprint density at radius 2 is 2.12 bits per heavy atom. The van der Waals surface area contributed by atoms with Gasteiger partial charge in [-0.3, -0.25) is 4.79 Å². The van der Waals surface area contributed by atoms with Gasteiger partial charge in [0, 0.05) is 6.54 Å². The lowest BCUT2D eigenvalue weighted by molar-refractivity contribution is 0.0665. The number of nitrogens with zero attached hydrogens (tertiary/aromatic N) is 4. The van der Waals surface area contributed by atoms with E-state index in [0.29, 0.717) is 18.3 Å². The van der Waals surface area contributed by atoms with Crippen LogP contribution in [0.4, 0.5) is 0 Å². The summed E-state index contributed by atoms with van der Waals surface area (Å²) in [7, 11) is 0.